The summed E-state index contributed by atoms with van der Waals surface area (Å²) >= 11 is 0. The number of hydrogen-bond donors (Lipinski definition) is 3. The highest BCUT2D eigenvalue weighted by Crippen LogP contribution is 1.92. The van der Waals surface area contributed by atoms with E-state index in [9.17, 15) is 9.59 Å². The predicted octanol–water partition coefficient (Wildman–Crippen LogP) is -0.342. The number of carboxylic acid groups (broad SMARTS) is 1. The minimum atomic E-state index is -1.04. The standard InChI is InChI=1S/C7H12N2O3/c1-5(8)4-6(7(11)12)9-2-3-10/h3,6,8-9H,2,4H2,1H3,(H,11,12). The molecule has 1 atom stereocenters. The Bertz CT molecular complexity index is 191. The first-order valence-corrected chi connectivity index (χ1v) is 3.51. The molecule has 3 N–H and O–H groups in total. The van der Waals surface area contributed by atoms with E-state index >= 15 is 0 Å². The number of carbonyl (C=O) groups is 2. The summed E-state index contributed by atoms with van der Waals surface area (Å²) in [6.45, 7) is 1.53. The van der Waals surface area contributed by atoms with E-state index in [1.165, 1.54) is 6.92 Å². The maximum absolute atomic E-state index is 10.5. The van der Waals surface area contributed by atoms with Gasteiger partial charge in [0.2, 0.25) is 0 Å². The second-order valence-electron chi connectivity index (χ2n) is 2.45. The molecular formula is C7H12N2O3. The fraction of sp³-hybridized carbons (Fsp3) is 0.571. The van der Waals surface area contributed by atoms with Crippen molar-refractivity contribution in [3.63, 3.8) is 0 Å². The zero-order valence-corrected chi connectivity index (χ0v) is 6.83. The number of aliphatic carboxylic acids is 1. The lowest BCUT2D eigenvalue weighted by Crippen LogP contribution is -2.38. The Morgan fingerprint density at radius 1 is 1.75 bits per heavy atom. The maximum Gasteiger partial charge on any atom is 0.321 e. The first-order chi connectivity index (χ1) is 5.57. The van der Waals surface area contributed by atoms with Crippen molar-refractivity contribution in [1.29, 1.82) is 5.41 Å². The molecule has 0 fully saturated rings. The van der Waals surface area contributed by atoms with E-state index in [0.29, 0.717) is 6.29 Å². The van der Waals surface area contributed by atoms with Gasteiger partial charge in [0.25, 0.3) is 0 Å². The van der Waals surface area contributed by atoms with Crippen LogP contribution in [0.2, 0.25) is 0 Å². The summed E-state index contributed by atoms with van der Waals surface area (Å²) in [6, 6.07) is -0.826. The van der Waals surface area contributed by atoms with Crippen molar-refractivity contribution < 1.29 is 14.7 Å². The Hall–Kier alpha value is -1.23. The van der Waals surface area contributed by atoms with Crippen molar-refractivity contribution in [2.75, 3.05) is 6.54 Å². The lowest BCUT2D eigenvalue weighted by molar-refractivity contribution is -0.139. The predicted molar refractivity (Wildman–Crippen MR) is 43.5 cm³/mol. The normalized spacial score (nSPS) is 12.1. The van der Waals surface area contributed by atoms with Gasteiger partial charge in [0.15, 0.2) is 0 Å². The van der Waals surface area contributed by atoms with Crippen LogP contribution in [0.1, 0.15) is 13.3 Å². The van der Waals surface area contributed by atoms with E-state index in [4.69, 9.17) is 10.5 Å². The molecule has 0 radical (unpaired) electrons. The molecule has 0 saturated carbocycles. The number of aldehydes is 1. The monoisotopic (exact) mass is 172 g/mol. The van der Waals surface area contributed by atoms with E-state index < -0.39 is 12.0 Å². The number of nitrogens with one attached hydrogen (secondary N) is 2. The smallest absolute Gasteiger partial charge is 0.321 e. The van der Waals surface area contributed by atoms with Crippen molar-refractivity contribution in [3.8, 4) is 0 Å². The number of rotatable bonds is 6. The minimum absolute atomic E-state index is 0.00421. The fourth-order valence-electron chi connectivity index (χ4n) is 0.743. The summed E-state index contributed by atoms with van der Waals surface area (Å²) < 4.78 is 0. The fourth-order valence-corrected chi connectivity index (χ4v) is 0.743. The van der Waals surface area contributed by atoms with Crippen LogP contribution in [0.5, 0.6) is 0 Å². The van der Waals surface area contributed by atoms with Gasteiger partial charge in [-0.1, -0.05) is 0 Å². The van der Waals surface area contributed by atoms with Crippen molar-refractivity contribution >= 4 is 18.0 Å². The van der Waals surface area contributed by atoms with Gasteiger partial charge in [-0.15, -0.1) is 0 Å². The third-order valence-corrected chi connectivity index (χ3v) is 1.26. The van der Waals surface area contributed by atoms with Gasteiger partial charge in [0, 0.05) is 12.1 Å². The molecule has 5 nitrogen and oxygen atoms in total. The number of carboxylic acids is 1. The SMILES string of the molecule is CC(=N)CC(NCC=O)C(=O)O. The van der Waals surface area contributed by atoms with Crippen molar-refractivity contribution in [1.82, 2.24) is 5.32 Å². The molecule has 0 aliphatic rings. The Labute approximate surface area is 70.3 Å². The Morgan fingerprint density at radius 3 is 2.67 bits per heavy atom. The maximum atomic E-state index is 10.5. The Kier molecular flexibility index (Phi) is 4.87. The molecule has 0 heterocycles. The molecular weight excluding hydrogens is 160 g/mol. The van der Waals surface area contributed by atoms with Gasteiger partial charge in [-0.3, -0.25) is 10.1 Å². The highest BCUT2D eigenvalue weighted by molar-refractivity contribution is 5.85. The summed E-state index contributed by atoms with van der Waals surface area (Å²) in [4.78, 5) is 20.4. The molecule has 5 heteroatoms. The van der Waals surface area contributed by atoms with Crippen LogP contribution in [-0.2, 0) is 9.59 Å². The Balaban J connectivity index is 3.94. The molecule has 0 saturated heterocycles. The van der Waals surface area contributed by atoms with Gasteiger partial charge in [-0.25, -0.2) is 0 Å². The molecule has 68 valence electrons. The van der Waals surface area contributed by atoms with Crippen molar-refractivity contribution in [2.24, 2.45) is 0 Å². The number of carbonyl (C=O) groups excluding carboxylic acids is 1. The summed E-state index contributed by atoms with van der Waals surface area (Å²) in [6.07, 6.45) is 0.721. The summed E-state index contributed by atoms with van der Waals surface area (Å²) in [5.41, 5.74) is 0.279. The van der Waals surface area contributed by atoms with Gasteiger partial charge in [0.05, 0.1) is 6.54 Å². The summed E-state index contributed by atoms with van der Waals surface area (Å²) in [5, 5.41) is 18.1. The van der Waals surface area contributed by atoms with Crippen LogP contribution in [0.15, 0.2) is 0 Å². The van der Waals surface area contributed by atoms with Crippen LogP contribution in [0.3, 0.4) is 0 Å². The third kappa shape index (κ3) is 4.56. The second-order valence-corrected chi connectivity index (χ2v) is 2.45. The molecule has 0 aliphatic heterocycles. The van der Waals surface area contributed by atoms with Crippen LogP contribution in [-0.4, -0.2) is 35.7 Å². The molecule has 0 amide bonds. The molecule has 12 heavy (non-hydrogen) atoms. The lowest BCUT2D eigenvalue weighted by atomic mass is 10.1. The molecule has 0 aromatic carbocycles. The van der Waals surface area contributed by atoms with Gasteiger partial charge in [-0.2, -0.15) is 0 Å². The summed E-state index contributed by atoms with van der Waals surface area (Å²) in [7, 11) is 0. The summed E-state index contributed by atoms with van der Waals surface area (Å²) in [5.74, 6) is -1.04. The van der Waals surface area contributed by atoms with Crippen molar-refractivity contribution in [2.45, 2.75) is 19.4 Å². The van der Waals surface area contributed by atoms with Crippen LogP contribution in [0, 0.1) is 5.41 Å². The van der Waals surface area contributed by atoms with E-state index in [-0.39, 0.29) is 18.7 Å². The topological polar surface area (TPSA) is 90.3 Å². The van der Waals surface area contributed by atoms with Gasteiger partial charge in [-0.05, 0) is 6.92 Å². The molecule has 0 aromatic rings. The third-order valence-electron chi connectivity index (χ3n) is 1.26. The van der Waals surface area contributed by atoms with Crippen LogP contribution >= 0.6 is 0 Å². The van der Waals surface area contributed by atoms with Crippen LogP contribution < -0.4 is 5.32 Å². The quantitative estimate of drug-likeness (QED) is 0.377. The van der Waals surface area contributed by atoms with Crippen LogP contribution in [0.25, 0.3) is 0 Å². The zero-order valence-electron chi connectivity index (χ0n) is 6.83. The highest BCUT2D eigenvalue weighted by atomic mass is 16.4. The lowest BCUT2D eigenvalue weighted by Gasteiger charge is -2.10. The van der Waals surface area contributed by atoms with E-state index in [2.05, 4.69) is 5.32 Å². The molecule has 0 aliphatic carbocycles. The molecule has 0 rings (SSSR count). The highest BCUT2D eigenvalue weighted by Gasteiger charge is 2.16. The second kappa shape index (κ2) is 5.42. The van der Waals surface area contributed by atoms with Crippen molar-refractivity contribution in [3.05, 3.63) is 0 Å². The Morgan fingerprint density at radius 2 is 2.33 bits per heavy atom. The first-order valence-electron chi connectivity index (χ1n) is 3.51. The largest absolute Gasteiger partial charge is 0.480 e. The average molecular weight is 172 g/mol. The molecule has 0 bridgehead atoms. The zero-order chi connectivity index (χ0) is 9.56. The van der Waals surface area contributed by atoms with E-state index in [1.54, 1.807) is 0 Å². The molecule has 0 spiro atoms. The van der Waals surface area contributed by atoms with Gasteiger partial charge < -0.3 is 15.3 Å². The van der Waals surface area contributed by atoms with E-state index in [0.717, 1.165) is 0 Å². The van der Waals surface area contributed by atoms with E-state index in [1.807, 2.05) is 0 Å². The molecule has 1 unspecified atom stereocenters. The molecule has 0 aromatic heterocycles. The average Bonchev–Trinajstić information content (AvgIpc) is 1.96. The minimum Gasteiger partial charge on any atom is -0.480 e. The van der Waals surface area contributed by atoms with Gasteiger partial charge in [0.1, 0.15) is 12.3 Å². The number of hydrogen-bond acceptors (Lipinski definition) is 4. The first kappa shape index (κ1) is 10.8. The van der Waals surface area contributed by atoms with Gasteiger partial charge >= 0.3 is 5.97 Å². The van der Waals surface area contributed by atoms with Crippen LogP contribution in [0.4, 0.5) is 0 Å².